The summed E-state index contributed by atoms with van der Waals surface area (Å²) < 4.78 is 15.0. The minimum absolute atomic E-state index is 0.103. The molecule has 4 nitrogen and oxygen atoms in total. The highest BCUT2D eigenvalue weighted by atomic mass is 79.9. The number of hydrogen-bond acceptors (Lipinski definition) is 4. The zero-order chi connectivity index (χ0) is 10.5. The summed E-state index contributed by atoms with van der Waals surface area (Å²) in [4.78, 5) is 11.0. The van der Waals surface area contributed by atoms with E-state index in [4.69, 9.17) is 13.6 Å². The van der Waals surface area contributed by atoms with Crippen LogP contribution in [0.5, 0.6) is 0 Å². The third-order valence-electron chi connectivity index (χ3n) is 1.33. The first kappa shape index (κ1) is 12.8. The van der Waals surface area contributed by atoms with Crippen LogP contribution in [0.3, 0.4) is 0 Å². The van der Waals surface area contributed by atoms with Crippen molar-refractivity contribution in [2.75, 3.05) is 20.4 Å². The van der Waals surface area contributed by atoms with Crippen LogP contribution in [0.25, 0.3) is 0 Å². The van der Waals surface area contributed by atoms with Gasteiger partial charge in [0, 0.05) is 19.8 Å². The van der Waals surface area contributed by atoms with Gasteiger partial charge in [0.25, 0.3) is 0 Å². The lowest BCUT2D eigenvalue weighted by Gasteiger charge is -2.19. The lowest BCUT2D eigenvalue weighted by Crippen LogP contribution is -2.39. The van der Waals surface area contributed by atoms with Crippen molar-refractivity contribution in [2.24, 2.45) is 0 Å². The molecule has 0 aromatic carbocycles. The summed E-state index contributed by atoms with van der Waals surface area (Å²) in [7, 11) is 0.521. The Kier molecular flexibility index (Phi) is 5.46. The second-order valence-electron chi connectivity index (χ2n) is 2.42. The molecule has 13 heavy (non-hydrogen) atoms. The maximum atomic E-state index is 11.0. The Morgan fingerprint density at radius 2 is 1.92 bits per heavy atom. The Hall–Kier alpha value is -0.173. The third-order valence-corrected chi connectivity index (χ3v) is 5.67. The summed E-state index contributed by atoms with van der Waals surface area (Å²) in [5, 5.41) is 0. The smallest absolute Gasteiger partial charge is 0.452 e. The molecular formula is C7H13BrO4Si. The van der Waals surface area contributed by atoms with Gasteiger partial charge in [-0.2, -0.15) is 0 Å². The number of carbonyl (C=O) groups is 1. The van der Waals surface area contributed by atoms with E-state index < -0.39 is 13.1 Å². The lowest BCUT2D eigenvalue weighted by atomic mass is 10.4. The average Bonchev–Trinajstić information content (AvgIpc) is 2.13. The molecule has 0 aliphatic carbocycles. The molecule has 0 aromatic rings. The van der Waals surface area contributed by atoms with E-state index in [9.17, 15) is 4.79 Å². The van der Waals surface area contributed by atoms with E-state index in [1.807, 2.05) is 0 Å². The number of esters is 1. The maximum absolute atomic E-state index is 11.0. The molecule has 0 aromatic heterocycles. The van der Waals surface area contributed by atoms with Gasteiger partial charge in [-0.3, -0.25) is 0 Å². The fraction of sp³-hybridized carbons (Fsp3) is 0.571. The molecule has 0 fully saturated rings. The van der Waals surface area contributed by atoms with Crippen molar-refractivity contribution < 1.29 is 18.4 Å². The van der Waals surface area contributed by atoms with Crippen molar-refractivity contribution in [1.29, 1.82) is 0 Å². The van der Waals surface area contributed by atoms with Crippen molar-refractivity contribution in [3.63, 3.8) is 0 Å². The van der Waals surface area contributed by atoms with E-state index >= 15 is 0 Å². The molecule has 0 spiro atoms. The molecular weight excluding hydrogens is 256 g/mol. The van der Waals surface area contributed by atoms with Crippen molar-refractivity contribution >= 4 is 28.4 Å². The third kappa shape index (κ3) is 4.56. The minimum atomic E-state index is -2.48. The van der Waals surface area contributed by atoms with E-state index in [1.54, 1.807) is 6.92 Å². The summed E-state index contributed by atoms with van der Waals surface area (Å²) >= 11 is 3.25. The highest BCUT2D eigenvalue weighted by molar-refractivity contribution is 9.25. The molecule has 0 N–H and O–H groups in total. The van der Waals surface area contributed by atoms with E-state index in [0.29, 0.717) is 5.57 Å². The summed E-state index contributed by atoms with van der Waals surface area (Å²) in [5.74, 6) is -0.439. The van der Waals surface area contributed by atoms with Crippen molar-refractivity contribution in [2.45, 2.75) is 6.92 Å². The molecule has 0 aliphatic heterocycles. The first-order valence-corrected chi connectivity index (χ1v) is 7.85. The molecule has 0 amide bonds. The van der Waals surface area contributed by atoms with Crippen LogP contribution in [0, 0.1) is 0 Å². The van der Waals surface area contributed by atoms with E-state index in [-0.39, 0.29) is 6.23 Å². The quantitative estimate of drug-likeness (QED) is 0.326. The number of halogens is 1. The van der Waals surface area contributed by atoms with Crippen LogP contribution < -0.4 is 0 Å². The summed E-state index contributed by atoms with van der Waals surface area (Å²) in [6.45, 7) is 5.03. The van der Waals surface area contributed by atoms with Gasteiger partial charge in [0.05, 0.1) is 0 Å². The average molecular weight is 269 g/mol. The normalized spacial score (nSPS) is 11.1. The second-order valence-corrected chi connectivity index (χ2v) is 8.47. The van der Waals surface area contributed by atoms with Gasteiger partial charge >= 0.3 is 13.1 Å². The minimum Gasteiger partial charge on any atom is -0.459 e. The SMILES string of the molecule is C=C(C)C(=O)OC[Si](Br)(OC)OC. The molecule has 0 saturated heterocycles. The Bertz CT molecular complexity index is 203. The van der Waals surface area contributed by atoms with Gasteiger partial charge in [-0.1, -0.05) is 21.9 Å². The molecule has 0 saturated carbocycles. The predicted molar refractivity (Wildman–Crippen MR) is 54.5 cm³/mol. The van der Waals surface area contributed by atoms with Gasteiger partial charge in [-0.25, -0.2) is 4.79 Å². The number of rotatable bonds is 5. The molecule has 0 aliphatic rings. The van der Waals surface area contributed by atoms with Crippen molar-refractivity contribution in [3.8, 4) is 0 Å². The van der Waals surface area contributed by atoms with Gasteiger partial charge in [0.2, 0.25) is 0 Å². The van der Waals surface area contributed by atoms with Crippen molar-refractivity contribution in [3.05, 3.63) is 12.2 Å². The standard InChI is InChI=1S/C7H13BrO4Si/c1-6(2)7(9)12-5-13(8,10-3)11-4/h1,5H2,2-4H3. The molecule has 0 radical (unpaired) electrons. The largest absolute Gasteiger partial charge is 0.459 e. The highest BCUT2D eigenvalue weighted by Crippen LogP contribution is 2.14. The summed E-state index contributed by atoms with van der Waals surface area (Å²) in [6, 6.07) is 0. The number of ether oxygens (including phenoxy) is 1. The van der Waals surface area contributed by atoms with Crippen LogP contribution in [0.4, 0.5) is 0 Å². The molecule has 6 heteroatoms. The Morgan fingerprint density at radius 1 is 1.46 bits per heavy atom. The highest BCUT2D eigenvalue weighted by Gasteiger charge is 2.34. The molecule has 0 heterocycles. The molecule has 0 unspecified atom stereocenters. The van der Waals surface area contributed by atoms with Crippen molar-refractivity contribution in [1.82, 2.24) is 0 Å². The Labute approximate surface area is 86.7 Å². The van der Waals surface area contributed by atoms with Crippen LogP contribution in [0.1, 0.15) is 6.92 Å². The van der Waals surface area contributed by atoms with Gasteiger partial charge in [0.1, 0.15) is 6.23 Å². The van der Waals surface area contributed by atoms with Gasteiger partial charge in [-0.05, 0) is 6.92 Å². The Balaban J connectivity index is 4.00. The van der Waals surface area contributed by atoms with Crippen LogP contribution in [-0.2, 0) is 18.4 Å². The van der Waals surface area contributed by atoms with E-state index in [2.05, 4.69) is 21.9 Å². The first-order chi connectivity index (χ1) is 5.95. The predicted octanol–water partition coefficient (Wildman–Crippen LogP) is 1.27. The van der Waals surface area contributed by atoms with Gasteiger partial charge < -0.3 is 13.6 Å². The number of hydrogen-bond donors (Lipinski definition) is 0. The second kappa shape index (κ2) is 5.53. The fourth-order valence-electron chi connectivity index (χ4n) is 0.476. The lowest BCUT2D eigenvalue weighted by molar-refractivity contribution is -0.137. The molecule has 76 valence electrons. The number of carbonyl (C=O) groups excluding carboxylic acids is 1. The van der Waals surface area contributed by atoms with Crippen LogP contribution >= 0.6 is 15.3 Å². The monoisotopic (exact) mass is 268 g/mol. The van der Waals surface area contributed by atoms with Gasteiger partial charge in [0.15, 0.2) is 0 Å². The van der Waals surface area contributed by atoms with E-state index in [1.165, 1.54) is 14.2 Å². The topological polar surface area (TPSA) is 44.8 Å². The van der Waals surface area contributed by atoms with Crippen LogP contribution in [0.15, 0.2) is 12.2 Å². The summed E-state index contributed by atoms with van der Waals surface area (Å²) in [6.07, 6.45) is 0.103. The molecule has 0 rings (SSSR count). The maximum Gasteiger partial charge on any atom is 0.452 e. The van der Waals surface area contributed by atoms with Gasteiger partial charge in [-0.15, -0.1) is 0 Å². The van der Waals surface area contributed by atoms with Crippen LogP contribution in [0.2, 0.25) is 0 Å². The van der Waals surface area contributed by atoms with Crippen LogP contribution in [-0.4, -0.2) is 33.6 Å². The first-order valence-electron chi connectivity index (χ1n) is 3.57. The fourth-order valence-corrected chi connectivity index (χ4v) is 1.53. The zero-order valence-electron chi connectivity index (χ0n) is 7.93. The molecule has 0 atom stereocenters. The zero-order valence-corrected chi connectivity index (χ0v) is 10.5. The molecule has 0 bridgehead atoms. The summed E-state index contributed by atoms with van der Waals surface area (Å²) in [5.41, 5.74) is 0.357. The van der Waals surface area contributed by atoms with E-state index in [0.717, 1.165) is 0 Å². The Morgan fingerprint density at radius 3 is 2.23 bits per heavy atom.